The quantitative estimate of drug-likeness (QED) is 0.870. The minimum Gasteiger partial charge on any atom is -0.466 e. The van der Waals surface area contributed by atoms with Gasteiger partial charge >= 0.3 is 0 Å². The normalized spacial score (nSPS) is 10.4. The molecule has 2 rings (SSSR count). The summed E-state index contributed by atoms with van der Waals surface area (Å²) in [7, 11) is 0. The number of amides is 1. The molecule has 0 aliphatic rings. The number of nitrogens with one attached hydrogen (secondary N) is 1. The summed E-state index contributed by atoms with van der Waals surface area (Å²) in [5, 5.41) is 2.67. The minimum atomic E-state index is -0.138. The number of aryl methyl sites for hydroxylation is 2. The summed E-state index contributed by atoms with van der Waals surface area (Å²) in [6.45, 7) is 6.96. The Bertz CT molecular complexity index is 666. The van der Waals surface area contributed by atoms with Crippen LogP contribution in [-0.2, 0) is 4.79 Å². The van der Waals surface area contributed by atoms with Gasteiger partial charge in [-0.15, -0.1) is 0 Å². The van der Waals surface area contributed by atoms with E-state index in [1.165, 1.54) is 6.92 Å². The van der Waals surface area contributed by atoms with Crippen molar-refractivity contribution in [2.24, 2.45) is 0 Å². The van der Waals surface area contributed by atoms with Gasteiger partial charge in [-0.25, -0.2) is 0 Å². The van der Waals surface area contributed by atoms with Crippen LogP contribution in [0.3, 0.4) is 0 Å². The summed E-state index contributed by atoms with van der Waals surface area (Å²) in [5.41, 5.74) is 2.74. The van der Waals surface area contributed by atoms with Gasteiger partial charge in [-0.2, -0.15) is 0 Å². The number of hydrogen-bond acceptors (Lipinski definition) is 3. The van der Waals surface area contributed by atoms with Crippen molar-refractivity contribution < 1.29 is 14.0 Å². The maximum absolute atomic E-state index is 12.5. The van der Waals surface area contributed by atoms with Crippen molar-refractivity contribution in [1.29, 1.82) is 0 Å². The molecular weight excluding hydrogens is 254 g/mol. The van der Waals surface area contributed by atoms with E-state index in [0.29, 0.717) is 22.6 Å². The van der Waals surface area contributed by atoms with Crippen LogP contribution in [0.15, 0.2) is 28.7 Å². The van der Waals surface area contributed by atoms with Crippen molar-refractivity contribution >= 4 is 17.4 Å². The summed E-state index contributed by atoms with van der Waals surface area (Å²) >= 11 is 0. The van der Waals surface area contributed by atoms with E-state index in [-0.39, 0.29) is 11.7 Å². The zero-order valence-electron chi connectivity index (χ0n) is 12.0. The fraction of sp³-hybridized carbons (Fsp3) is 0.250. The summed E-state index contributed by atoms with van der Waals surface area (Å²) in [6.07, 6.45) is 0. The van der Waals surface area contributed by atoms with Crippen LogP contribution in [-0.4, -0.2) is 11.7 Å². The molecule has 0 aliphatic heterocycles. The van der Waals surface area contributed by atoms with E-state index in [1.54, 1.807) is 31.2 Å². The molecule has 0 bridgehead atoms. The van der Waals surface area contributed by atoms with Gasteiger partial charge in [0.25, 0.3) is 0 Å². The first-order chi connectivity index (χ1) is 9.40. The summed E-state index contributed by atoms with van der Waals surface area (Å²) < 4.78 is 5.49. The van der Waals surface area contributed by atoms with Gasteiger partial charge in [0.1, 0.15) is 11.5 Å². The number of rotatable bonds is 3. The number of benzene rings is 1. The smallest absolute Gasteiger partial charge is 0.221 e. The zero-order valence-corrected chi connectivity index (χ0v) is 12.0. The van der Waals surface area contributed by atoms with Crippen molar-refractivity contribution in [1.82, 2.24) is 0 Å². The largest absolute Gasteiger partial charge is 0.466 e. The number of anilines is 1. The fourth-order valence-electron chi connectivity index (χ4n) is 2.18. The molecule has 0 saturated heterocycles. The van der Waals surface area contributed by atoms with E-state index in [0.717, 1.165) is 11.3 Å². The second-order valence-corrected chi connectivity index (χ2v) is 4.80. The lowest BCUT2D eigenvalue weighted by molar-refractivity contribution is -0.114. The molecule has 1 N–H and O–H groups in total. The summed E-state index contributed by atoms with van der Waals surface area (Å²) in [5.74, 6) is 1.20. The van der Waals surface area contributed by atoms with Gasteiger partial charge < -0.3 is 9.73 Å². The lowest BCUT2D eigenvalue weighted by Crippen LogP contribution is -2.07. The molecule has 0 fully saturated rings. The number of hydrogen-bond donors (Lipinski definition) is 1. The molecule has 20 heavy (non-hydrogen) atoms. The van der Waals surface area contributed by atoms with E-state index in [1.807, 2.05) is 13.8 Å². The summed E-state index contributed by atoms with van der Waals surface area (Å²) in [6, 6.07) is 6.84. The highest BCUT2D eigenvalue weighted by molar-refractivity contribution is 6.10. The first kappa shape index (κ1) is 14.1. The standard InChI is InChI=1S/C16H17NO3/c1-9-10(2)20-11(3)15(9)16(19)13-5-7-14(8-6-13)17-12(4)18/h5-8H,1-4H3,(H,17,18). The van der Waals surface area contributed by atoms with Gasteiger partial charge in [0, 0.05) is 23.7 Å². The Morgan fingerprint density at radius 3 is 2.05 bits per heavy atom. The molecule has 104 valence electrons. The third kappa shape index (κ3) is 2.64. The van der Waals surface area contributed by atoms with E-state index < -0.39 is 0 Å². The number of carbonyl (C=O) groups is 2. The topological polar surface area (TPSA) is 59.3 Å². The number of furan rings is 1. The molecule has 1 aromatic heterocycles. The number of carbonyl (C=O) groups excluding carboxylic acids is 2. The molecule has 0 aliphatic carbocycles. The Morgan fingerprint density at radius 2 is 1.60 bits per heavy atom. The third-order valence-corrected chi connectivity index (χ3v) is 3.26. The minimum absolute atomic E-state index is 0.0637. The lowest BCUT2D eigenvalue weighted by atomic mass is 9.99. The monoisotopic (exact) mass is 271 g/mol. The molecule has 0 radical (unpaired) electrons. The van der Waals surface area contributed by atoms with Crippen LogP contribution in [0.1, 0.15) is 39.9 Å². The Labute approximate surface area is 117 Å². The molecular formula is C16H17NO3. The van der Waals surface area contributed by atoms with Gasteiger partial charge in [0.15, 0.2) is 5.78 Å². The highest BCUT2D eigenvalue weighted by atomic mass is 16.3. The van der Waals surface area contributed by atoms with Crippen molar-refractivity contribution in [3.63, 3.8) is 0 Å². The third-order valence-electron chi connectivity index (χ3n) is 3.26. The van der Waals surface area contributed by atoms with E-state index in [2.05, 4.69) is 5.32 Å². The van der Waals surface area contributed by atoms with Crippen LogP contribution in [0.4, 0.5) is 5.69 Å². The second kappa shape index (κ2) is 5.33. The molecule has 2 aromatic rings. The van der Waals surface area contributed by atoms with Crippen LogP contribution in [0, 0.1) is 20.8 Å². The maximum atomic E-state index is 12.5. The zero-order chi connectivity index (χ0) is 14.9. The average Bonchev–Trinajstić information content (AvgIpc) is 2.63. The molecule has 0 unspecified atom stereocenters. The Kier molecular flexibility index (Phi) is 3.74. The first-order valence-electron chi connectivity index (χ1n) is 6.39. The van der Waals surface area contributed by atoms with Crippen LogP contribution < -0.4 is 5.32 Å². The van der Waals surface area contributed by atoms with Gasteiger partial charge in [0.2, 0.25) is 5.91 Å². The SMILES string of the molecule is CC(=O)Nc1ccc(C(=O)c2c(C)oc(C)c2C)cc1. The molecule has 0 spiro atoms. The van der Waals surface area contributed by atoms with Crippen LogP contribution in [0.2, 0.25) is 0 Å². The van der Waals surface area contributed by atoms with Crippen LogP contribution in [0.5, 0.6) is 0 Å². The first-order valence-corrected chi connectivity index (χ1v) is 6.39. The molecule has 1 aromatic carbocycles. The van der Waals surface area contributed by atoms with Crippen molar-refractivity contribution in [2.75, 3.05) is 5.32 Å². The maximum Gasteiger partial charge on any atom is 0.221 e. The predicted octanol–water partition coefficient (Wildman–Crippen LogP) is 3.39. The highest BCUT2D eigenvalue weighted by Gasteiger charge is 2.19. The van der Waals surface area contributed by atoms with E-state index in [9.17, 15) is 9.59 Å². The van der Waals surface area contributed by atoms with Gasteiger partial charge in [-0.05, 0) is 45.0 Å². The van der Waals surface area contributed by atoms with Crippen molar-refractivity contribution in [2.45, 2.75) is 27.7 Å². The summed E-state index contributed by atoms with van der Waals surface area (Å²) in [4.78, 5) is 23.4. The molecule has 0 saturated carbocycles. The molecule has 1 amide bonds. The van der Waals surface area contributed by atoms with Crippen LogP contribution >= 0.6 is 0 Å². The fourth-order valence-corrected chi connectivity index (χ4v) is 2.18. The van der Waals surface area contributed by atoms with E-state index >= 15 is 0 Å². The Hall–Kier alpha value is -2.36. The molecule has 4 nitrogen and oxygen atoms in total. The molecule has 1 heterocycles. The van der Waals surface area contributed by atoms with Crippen molar-refractivity contribution in [3.8, 4) is 0 Å². The molecule has 4 heteroatoms. The van der Waals surface area contributed by atoms with Crippen LogP contribution in [0.25, 0.3) is 0 Å². The van der Waals surface area contributed by atoms with Gasteiger partial charge in [-0.3, -0.25) is 9.59 Å². The molecule has 0 atom stereocenters. The number of ketones is 1. The second-order valence-electron chi connectivity index (χ2n) is 4.80. The van der Waals surface area contributed by atoms with E-state index in [4.69, 9.17) is 4.42 Å². The lowest BCUT2D eigenvalue weighted by Gasteiger charge is -2.04. The average molecular weight is 271 g/mol. The van der Waals surface area contributed by atoms with Gasteiger partial charge in [0.05, 0.1) is 5.56 Å². The van der Waals surface area contributed by atoms with Gasteiger partial charge in [-0.1, -0.05) is 0 Å². The predicted molar refractivity (Wildman–Crippen MR) is 77.1 cm³/mol. The Balaban J connectivity index is 2.32. The Morgan fingerprint density at radius 1 is 1.00 bits per heavy atom. The van der Waals surface area contributed by atoms with Crippen molar-refractivity contribution in [3.05, 3.63) is 52.5 Å². The highest BCUT2D eigenvalue weighted by Crippen LogP contribution is 2.24.